The van der Waals surface area contributed by atoms with Crippen molar-refractivity contribution in [3.63, 3.8) is 0 Å². The molecule has 32 heavy (non-hydrogen) atoms. The van der Waals surface area contributed by atoms with Crippen LogP contribution in [0.5, 0.6) is 5.75 Å². The molecule has 0 unspecified atom stereocenters. The number of phenols is 1. The Bertz CT molecular complexity index is 1210. The van der Waals surface area contributed by atoms with Gasteiger partial charge in [-0.1, -0.05) is 41.9 Å². The molecule has 0 atom stereocenters. The Balaban J connectivity index is 1.43. The molecule has 0 bridgehead atoms. The molecular weight excluding hydrogens is 442 g/mol. The van der Waals surface area contributed by atoms with E-state index >= 15 is 0 Å². The van der Waals surface area contributed by atoms with Gasteiger partial charge >= 0.3 is 0 Å². The minimum atomic E-state index is -0.0698. The third-order valence-electron chi connectivity index (χ3n) is 4.91. The van der Waals surface area contributed by atoms with Crippen LogP contribution in [0.1, 0.15) is 12.0 Å². The molecule has 0 fully saturated rings. The number of halogens is 1. The minimum Gasteiger partial charge on any atom is -0.508 e. The van der Waals surface area contributed by atoms with Crippen molar-refractivity contribution < 1.29 is 9.90 Å². The van der Waals surface area contributed by atoms with E-state index in [-0.39, 0.29) is 11.7 Å². The molecule has 0 aliphatic heterocycles. The molecule has 0 saturated heterocycles. The molecule has 4 rings (SSSR count). The number of benzene rings is 2. The molecule has 2 aromatic carbocycles. The number of carbonyl (C=O) groups is 1. The highest BCUT2D eigenvalue weighted by molar-refractivity contribution is 7.08. The summed E-state index contributed by atoms with van der Waals surface area (Å²) in [5, 5.41) is 20.7. The SMILES string of the molecule is O=C(CCNc1cc(-c2ccsc2)cc(-c2cccc(O)c2)n1)NCc1ccccc1Cl. The van der Waals surface area contributed by atoms with Gasteiger partial charge in [-0.05, 0) is 63.8 Å². The second-order valence-corrected chi connectivity index (χ2v) is 8.42. The van der Waals surface area contributed by atoms with Crippen molar-refractivity contribution >= 4 is 34.7 Å². The Morgan fingerprint density at radius 1 is 1.00 bits per heavy atom. The van der Waals surface area contributed by atoms with Crippen LogP contribution in [0, 0.1) is 0 Å². The fourth-order valence-corrected chi connectivity index (χ4v) is 4.13. The van der Waals surface area contributed by atoms with Crippen LogP contribution in [0.4, 0.5) is 5.82 Å². The molecule has 5 nitrogen and oxygen atoms in total. The van der Waals surface area contributed by atoms with Crippen molar-refractivity contribution in [3.05, 3.63) is 88.1 Å². The van der Waals surface area contributed by atoms with Crippen LogP contribution >= 0.6 is 22.9 Å². The van der Waals surface area contributed by atoms with Crippen molar-refractivity contribution in [2.45, 2.75) is 13.0 Å². The van der Waals surface area contributed by atoms with Crippen LogP contribution in [0.2, 0.25) is 5.02 Å². The number of anilines is 1. The predicted octanol–water partition coefficient (Wildman–Crippen LogP) is 5.95. The number of hydrogen-bond donors (Lipinski definition) is 3. The topological polar surface area (TPSA) is 74.2 Å². The van der Waals surface area contributed by atoms with Crippen LogP contribution in [-0.2, 0) is 11.3 Å². The fourth-order valence-electron chi connectivity index (χ4n) is 3.26. The van der Waals surface area contributed by atoms with Gasteiger partial charge in [-0.15, -0.1) is 0 Å². The van der Waals surface area contributed by atoms with Gasteiger partial charge in [0.1, 0.15) is 11.6 Å². The Hall–Kier alpha value is -3.35. The van der Waals surface area contributed by atoms with Gasteiger partial charge in [0.2, 0.25) is 5.91 Å². The van der Waals surface area contributed by atoms with Crippen molar-refractivity contribution in [2.75, 3.05) is 11.9 Å². The number of nitrogens with one attached hydrogen (secondary N) is 2. The second-order valence-electron chi connectivity index (χ2n) is 7.23. The summed E-state index contributed by atoms with van der Waals surface area (Å²) in [6.45, 7) is 0.833. The standard InChI is InChI=1S/C25H22ClN3O2S/c26-22-7-2-1-4-18(22)15-28-25(31)8-10-27-24-14-20(19-9-11-32-16-19)13-23(29-24)17-5-3-6-21(30)12-17/h1-7,9,11-14,16,30H,8,10,15H2,(H,27,29)(H,28,31). The van der Waals surface area contributed by atoms with Crippen molar-refractivity contribution in [1.82, 2.24) is 10.3 Å². The van der Waals surface area contributed by atoms with E-state index in [1.54, 1.807) is 35.6 Å². The van der Waals surface area contributed by atoms with Crippen LogP contribution in [-0.4, -0.2) is 22.5 Å². The van der Waals surface area contributed by atoms with E-state index in [0.717, 1.165) is 27.9 Å². The molecule has 0 aliphatic rings. The van der Waals surface area contributed by atoms with Crippen molar-refractivity contribution in [3.8, 4) is 28.1 Å². The quantitative estimate of drug-likeness (QED) is 0.301. The number of aromatic nitrogens is 1. The van der Waals surface area contributed by atoms with Gasteiger partial charge < -0.3 is 15.7 Å². The molecule has 0 aliphatic carbocycles. The first-order chi connectivity index (χ1) is 15.6. The van der Waals surface area contributed by atoms with Crippen LogP contribution in [0.15, 0.2) is 77.5 Å². The number of aromatic hydroxyl groups is 1. The van der Waals surface area contributed by atoms with Gasteiger partial charge in [0, 0.05) is 30.1 Å². The summed E-state index contributed by atoms with van der Waals surface area (Å²) in [4.78, 5) is 16.9. The van der Waals surface area contributed by atoms with Crippen molar-refractivity contribution in [1.29, 1.82) is 0 Å². The first-order valence-electron chi connectivity index (χ1n) is 10.2. The zero-order chi connectivity index (χ0) is 22.3. The van der Waals surface area contributed by atoms with Crippen LogP contribution in [0.3, 0.4) is 0 Å². The first kappa shape index (κ1) is 21.9. The smallest absolute Gasteiger partial charge is 0.222 e. The minimum absolute atomic E-state index is 0.0698. The van der Waals surface area contributed by atoms with E-state index < -0.39 is 0 Å². The first-order valence-corrected chi connectivity index (χ1v) is 11.5. The lowest BCUT2D eigenvalue weighted by Crippen LogP contribution is -2.25. The van der Waals surface area contributed by atoms with Gasteiger partial charge in [-0.25, -0.2) is 4.98 Å². The Labute approximate surface area is 195 Å². The lowest BCUT2D eigenvalue weighted by molar-refractivity contribution is -0.121. The van der Waals surface area contributed by atoms with Crippen molar-refractivity contribution in [2.24, 2.45) is 0 Å². The van der Waals surface area contributed by atoms with Crippen LogP contribution in [0.25, 0.3) is 22.4 Å². The molecule has 4 aromatic rings. The molecule has 0 saturated carbocycles. The normalized spacial score (nSPS) is 10.7. The molecule has 0 spiro atoms. The van der Waals surface area contributed by atoms with E-state index in [0.29, 0.717) is 30.4 Å². The number of amides is 1. The number of carbonyl (C=O) groups excluding carboxylic acids is 1. The molecule has 2 aromatic heterocycles. The summed E-state index contributed by atoms with van der Waals surface area (Å²) in [7, 11) is 0. The largest absolute Gasteiger partial charge is 0.508 e. The Kier molecular flexibility index (Phi) is 7.04. The summed E-state index contributed by atoms with van der Waals surface area (Å²) in [6.07, 6.45) is 0.302. The molecule has 1 amide bonds. The maximum absolute atomic E-state index is 12.3. The van der Waals surface area contributed by atoms with Gasteiger partial charge in [-0.2, -0.15) is 11.3 Å². The highest BCUT2D eigenvalue weighted by atomic mass is 35.5. The third-order valence-corrected chi connectivity index (χ3v) is 5.97. The second kappa shape index (κ2) is 10.3. The summed E-state index contributed by atoms with van der Waals surface area (Å²) in [5.41, 5.74) is 4.57. The number of phenolic OH excluding ortho intramolecular Hbond substituents is 1. The van der Waals surface area contributed by atoms with Gasteiger partial charge in [0.25, 0.3) is 0 Å². The summed E-state index contributed by atoms with van der Waals surface area (Å²) >= 11 is 7.77. The van der Waals surface area contributed by atoms with E-state index in [9.17, 15) is 9.90 Å². The van der Waals surface area contributed by atoms with Gasteiger partial charge in [-0.3, -0.25) is 4.79 Å². The van der Waals surface area contributed by atoms with E-state index in [1.165, 1.54) is 0 Å². The zero-order valence-corrected chi connectivity index (χ0v) is 18.8. The van der Waals surface area contributed by atoms with Gasteiger partial charge in [0.15, 0.2) is 0 Å². The number of pyridine rings is 1. The monoisotopic (exact) mass is 463 g/mol. The maximum Gasteiger partial charge on any atom is 0.222 e. The van der Waals surface area contributed by atoms with E-state index in [4.69, 9.17) is 11.6 Å². The third kappa shape index (κ3) is 5.66. The molecule has 2 heterocycles. The lowest BCUT2D eigenvalue weighted by atomic mass is 10.1. The molecule has 7 heteroatoms. The zero-order valence-electron chi connectivity index (χ0n) is 17.2. The summed E-state index contributed by atoms with van der Waals surface area (Å²) < 4.78 is 0. The Morgan fingerprint density at radius 2 is 1.88 bits per heavy atom. The number of nitrogens with zero attached hydrogens (tertiary/aromatic N) is 1. The Morgan fingerprint density at radius 3 is 2.66 bits per heavy atom. The molecule has 162 valence electrons. The number of thiophene rings is 1. The lowest BCUT2D eigenvalue weighted by Gasteiger charge is -2.11. The van der Waals surface area contributed by atoms with Crippen LogP contribution < -0.4 is 10.6 Å². The van der Waals surface area contributed by atoms with Gasteiger partial charge in [0.05, 0.1) is 5.69 Å². The summed E-state index contributed by atoms with van der Waals surface area (Å²) in [5.74, 6) is 0.792. The molecule has 3 N–H and O–H groups in total. The van der Waals surface area contributed by atoms with E-state index in [2.05, 4.69) is 27.1 Å². The average molecular weight is 464 g/mol. The van der Waals surface area contributed by atoms with E-state index in [1.807, 2.05) is 41.8 Å². The average Bonchev–Trinajstić information content (AvgIpc) is 3.33. The molecule has 0 radical (unpaired) electrons. The predicted molar refractivity (Wildman–Crippen MR) is 131 cm³/mol. The number of hydrogen-bond acceptors (Lipinski definition) is 5. The highest BCUT2D eigenvalue weighted by Gasteiger charge is 2.09. The summed E-state index contributed by atoms with van der Waals surface area (Å²) in [6, 6.07) is 20.5. The number of rotatable bonds is 8. The maximum atomic E-state index is 12.3. The fraction of sp³-hybridized carbons (Fsp3) is 0.120. The highest BCUT2D eigenvalue weighted by Crippen LogP contribution is 2.30. The molecular formula is C25H22ClN3O2S.